The van der Waals surface area contributed by atoms with Crippen LogP contribution in [0.1, 0.15) is 33.5 Å². The van der Waals surface area contributed by atoms with E-state index in [9.17, 15) is 0 Å². The van der Waals surface area contributed by atoms with Crippen molar-refractivity contribution in [2.75, 3.05) is 26.4 Å². The summed E-state index contributed by atoms with van der Waals surface area (Å²) in [5, 5.41) is 0. The Labute approximate surface area is 159 Å². The van der Waals surface area contributed by atoms with Gasteiger partial charge in [0.05, 0.1) is 32.5 Å². The summed E-state index contributed by atoms with van der Waals surface area (Å²) in [6.45, 7) is 4.47. The molecule has 0 saturated heterocycles. The van der Waals surface area contributed by atoms with E-state index in [2.05, 4.69) is 9.97 Å². The molecule has 0 aromatic carbocycles. The Bertz CT molecular complexity index is 579. The summed E-state index contributed by atoms with van der Waals surface area (Å²) in [5.41, 5.74) is 0. The lowest BCUT2D eigenvalue weighted by Crippen LogP contribution is -2.06. The molecule has 12 heteroatoms. The van der Waals surface area contributed by atoms with Crippen molar-refractivity contribution in [3.8, 4) is 11.8 Å². The molecule has 0 saturated carbocycles. The first-order valence-electron chi connectivity index (χ1n) is 7.82. The van der Waals surface area contributed by atoms with Crippen molar-refractivity contribution in [2.45, 2.75) is 34.6 Å². The van der Waals surface area contributed by atoms with Gasteiger partial charge in [-0.1, -0.05) is 0 Å². The smallest absolute Gasteiger partial charge is 0.381 e. The molecule has 0 aliphatic heterocycles. The minimum atomic E-state index is -2.95. The zero-order valence-electron chi connectivity index (χ0n) is 15.0. The molecule has 0 aliphatic rings. The number of aryl methyl sites for hydroxylation is 1. The fraction of sp³-hybridized carbons (Fsp3) is 0.692. The fourth-order valence-corrected chi connectivity index (χ4v) is 5.64. The number of rotatable bonds is 12. The Balaban J connectivity index is 3.06. The number of hydrogen-bond acceptors (Lipinski definition) is 10. The first-order valence-corrected chi connectivity index (χ1v) is 12.9. The van der Waals surface area contributed by atoms with Crippen LogP contribution in [-0.4, -0.2) is 36.4 Å². The topological polar surface area (TPSA) is 81.2 Å². The summed E-state index contributed by atoms with van der Waals surface area (Å²) in [7, 11) is 0. The lowest BCUT2D eigenvalue weighted by molar-refractivity contribution is 0.213. The van der Waals surface area contributed by atoms with Crippen molar-refractivity contribution in [2.24, 2.45) is 0 Å². The Morgan fingerprint density at radius 2 is 1.08 bits per heavy atom. The minimum Gasteiger partial charge on any atom is -0.405 e. The Morgan fingerprint density at radius 1 is 0.760 bits per heavy atom. The van der Waals surface area contributed by atoms with Crippen molar-refractivity contribution >= 4 is 37.1 Å². The van der Waals surface area contributed by atoms with E-state index in [4.69, 9.17) is 50.8 Å². The molecule has 0 spiro atoms. The molecular formula is C13H24N2O6P2S2. The fourth-order valence-electron chi connectivity index (χ4n) is 1.65. The summed E-state index contributed by atoms with van der Waals surface area (Å²) in [4.78, 5) is 8.38. The Morgan fingerprint density at radius 3 is 1.36 bits per heavy atom. The van der Waals surface area contributed by atoms with E-state index in [-0.39, 0.29) is 11.8 Å². The molecule has 1 aromatic rings. The molecule has 0 bridgehead atoms. The van der Waals surface area contributed by atoms with Gasteiger partial charge in [-0.15, -0.1) is 0 Å². The number of hydrogen-bond donors (Lipinski definition) is 0. The predicted molar refractivity (Wildman–Crippen MR) is 103 cm³/mol. The summed E-state index contributed by atoms with van der Waals surface area (Å²) >= 11 is 10.7. The van der Waals surface area contributed by atoms with Gasteiger partial charge in [0.25, 0.3) is 0 Å². The lowest BCUT2D eigenvalue weighted by atomic mass is 10.5. The largest absolute Gasteiger partial charge is 0.405 e. The third-order valence-electron chi connectivity index (χ3n) is 2.35. The molecule has 1 rings (SSSR count). The first kappa shape index (κ1) is 22.9. The van der Waals surface area contributed by atoms with Gasteiger partial charge in [0.15, 0.2) is 0 Å². The highest BCUT2D eigenvalue weighted by molar-refractivity contribution is 8.08. The molecule has 1 heterocycles. The third kappa shape index (κ3) is 7.93. The van der Waals surface area contributed by atoms with Crippen LogP contribution < -0.4 is 9.05 Å². The van der Waals surface area contributed by atoms with E-state index in [0.717, 1.165) is 0 Å². The third-order valence-corrected chi connectivity index (χ3v) is 7.18. The van der Waals surface area contributed by atoms with Gasteiger partial charge in [-0.25, -0.2) is 0 Å². The van der Waals surface area contributed by atoms with Crippen molar-refractivity contribution in [1.82, 2.24) is 9.97 Å². The van der Waals surface area contributed by atoms with Gasteiger partial charge in [-0.05, 0) is 34.6 Å². The molecule has 1 aromatic heterocycles. The molecule has 0 aliphatic carbocycles. The molecule has 0 N–H and O–H groups in total. The maximum Gasteiger partial charge on any atom is 0.381 e. The predicted octanol–water partition coefficient (Wildman–Crippen LogP) is 4.14. The van der Waals surface area contributed by atoms with Gasteiger partial charge in [-0.2, -0.15) is 9.97 Å². The molecule has 0 atom stereocenters. The second-order valence-corrected chi connectivity index (χ2v) is 10.2. The van der Waals surface area contributed by atoms with Crippen LogP contribution >= 0.6 is 13.4 Å². The van der Waals surface area contributed by atoms with Crippen molar-refractivity contribution in [1.29, 1.82) is 0 Å². The van der Waals surface area contributed by atoms with Gasteiger partial charge >= 0.3 is 13.4 Å². The van der Waals surface area contributed by atoms with E-state index < -0.39 is 13.4 Å². The normalized spacial score (nSPS) is 12.2. The highest BCUT2D eigenvalue weighted by Gasteiger charge is 2.25. The summed E-state index contributed by atoms with van der Waals surface area (Å²) in [5.74, 6) is 0.779. The van der Waals surface area contributed by atoms with Crippen molar-refractivity contribution < 1.29 is 27.1 Å². The Kier molecular flexibility index (Phi) is 9.92. The van der Waals surface area contributed by atoms with E-state index in [1.807, 2.05) is 27.7 Å². The first-order chi connectivity index (χ1) is 11.8. The number of nitrogens with zero attached hydrogens (tertiary/aromatic N) is 2. The second kappa shape index (κ2) is 10.8. The standard InChI is InChI=1S/C13H24N2O6P2S2/c1-6-16-22(24,17-7-2)20-12-10-13(15-11(5)14-12)21-23(25,18-8-3)19-9-4/h10H,6-9H2,1-5H3. The molecule has 0 fully saturated rings. The minimum absolute atomic E-state index is 0.183. The molecule has 8 nitrogen and oxygen atoms in total. The average molecular weight is 430 g/mol. The van der Waals surface area contributed by atoms with Crippen LogP contribution in [0.4, 0.5) is 0 Å². The summed E-state index contributed by atoms with van der Waals surface area (Å²) in [6, 6.07) is 1.46. The van der Waals surface area contributed by atoms with Crippen LogP contribution in [0.15, 0.2) is 6.07 Å². The maximum atomic E-state index is 5.69. The van der Waals surface area contributed by atoms with Gasteiger partial charge in [0.1, 0.15) is 5.82 Å². The Hall–Kier alpha value is -0.180. The van der Waals surface area contributed by atoms with Crippen LogP contribution in [0, 0.1) is 6.92 Å². The summed E-state index contributed by atoms with van der Waals surface area (Å²) < 4.78 is 33.2. The lowest BCUT2D eigenvalue weighted by Gasteiger charge is -2.22. The van der Waals surface area contributed by atoms with Gasteiger partial charge < -0.3 is 9.05 Å². The van der Waals surface area contributed by atoms with Gasteiger partial charge in [0.2, 0.25) is 11.8 Å². The summed E-state index contributed by atoms with van der Waals surface area (Å²) in [6.07, 6.45) is 0. The SMILES string of the molecule is CCOP(=S)(OCC)Oc1cc(OP(=S)(OCC)OCC)nc(C)n1. The van der Waals surface area contributed by atoms with E-state index in [1.165, 1.54) is 6.07 Å². The van der Waals surface area contributed by atoms with Crippen LogP contribution in [0.5, 0.6) is 11.8 Å². The molecule has 25 heavy (non-hydrogen) atoms. The van der Waals surface area contributed by atoms with Crippen molar-refractivity contribution in [3.05, 3.63) is 11.9 Å². The second-order valence-electron chi connectivity index (χ2n) is 4.34. The molecule has 0 unspecified atom stereocenters. The highest BCUT2D eigenvalue weighted by Crippen LogP contribution is 2.51. The van der Waals surface area contributed by atoms with Gasteiger partial charge in [0, 0.05) is 23.6 Å². The van der Waals surface area contributed by atoms with Crippen LogP contribution in [-0.2, 0) is 41.7 Å². The van der Waals surface area contributed by atoms with E-state index in [0.29, 0.717) is 32.3 Å². The molecule has 0 radical (unpaired) electrons. The van der Waals surface area contributed by atoms with Crippen LogP contribution in [0.3, 0.4) is 0 Å². The van der Waals surface area contributed by atoms with E-state index >= 15 is 0 Å². The average Bonchev–Trinajstić information content (AvgIpc) is 2.46. The number of aromatic nitrogens is 2. The van der Waals surface area contributed by atoms with Crippen molar-refractivity contribution in [3.63, 3.8) is 0 Å². The monoisotopic (exact) mass is 430 g/mol. The zero-order chi connectivity index (χ0) is 18.9. The molecular weight excluding hydrogens is 406 g/mol. The molecule has 0 amide bonds. The quantitative estimate of drug-likeness (QED) is 0.451. The van der Waals surface area contributed by atoms with Crippen LogP contribution in [0.2, 0.25) is 0 Å². The highest BCUT2D eigenvalue weighted by atomic mass is 32.5. The van der Waals surface area contributed by atoms with Crippen LogP contribution in [0.25, 0.3) is 0 Å². The van der Waals surface area contributed by atoms with Gasteiger partial charge in [-0.3, -0.25) is 18.1 Å². The van der Waals surface area contributed by atoms with E-state index in [1.54, 1.807) is 6.92 Å². The maximum absolute atomic E-state index is 5.69. The zero-order valence-corrected chi connectivity index (χ0v) is 18.4. The molecule has 144 valence electrons.